The maximum atomic E-state index is 13.4. The molecule has 0 unspecified atom stereocenters. The van der Waals surface area contributed by atoms with E-state index in [1.807, 2.05) is 0 Å². The highest BCUT2D eigenvalue weighted by molar-refractivity contribution is 6.01. The van der Waals surface area contributed by atoms with Crippen LogP contribution in [0.5, 0.6) is 0 Å². The summed E-state index contributed by atoms with van der Waals surface area (Å²) in [6.07, 6.45) is -6.21. The predicted octanol–water partition coefficient (Wildman–Crippen LogP) is 1.56. The number of aliphatic imine (C=N–C) groups is 1. The Balaban J connectivity index is 2.56. The molecule has 22 heavy (non-hydrogen) atoms. The van der Waals surface area contributed by atoms with E-state index < -0.39 is 35.4 Å². The van der Waals surface area contributed by atoms with Crippen LogP contribution in [0.15, 0.2) is 11.1 Å². The number of halogens is 5. The second kappa shape index (κ2) is 5.14. The summed E-state index contributed by atoms with van der Waals surface area (Å²) in [7, 11) is 0. The van der Waals surface area contributed by atoms with Crippen LogP contribution in [0, 0.1) is 0 Å². The van der Waals surface area contributed by atoms with Crippen LogP contribution in [-0.2, 0) is 5.92 Å². The first-order valence-electron chi connectivity index (χ1n) is 5.96. The Hall–Kier alpha value is -2.33. The molecule has 1 aliphatic rings. The highest BCUT2D eigenvalue weighted by atomic mass is 19.4. The van der Waals surface area contributed by atoms with E-state index in [1.165, 1.54) is 0 Å². The van der Waals surface area contributed by atoms with Crippen molar-refractivity contribution >= 4 is 11.9 Å². The number of carbonyl (C=O) groups excluding carboxylic acids is 1. The van der Waals surface area contributed by atoms with Gasteiger partial charge in [-0.25, -0.2) is 9.97 Å². The molecule has 1 amide bonds. The third-order valence-electron chi connectivity index (χ3n) is 2.85. The zero-order valence-corrected chi connectivity index (χ0v) is 10.8. The lowest BCUT2D eigenvalue weighted by Gasteiger charge is -2.19. The summed E-state index contributed by atoms with van der Waals surface area (Å²) in [5.74, 6) is -6.46. The van der Waals surface area contributed by atoms with Crippen molar-refractivity contribution in [2.24, 2.45) is 10.7 Å². The van der Waals surface area contributed by atoms with Crippen molar-refractivity contribution in [1.82, 2.24) is 9.97 Å². The molecule has 1 heterocycles. The summed E-state index contributed by atoms with van der Waals surface area (Å²) in [5, 5.41) is 6.61. The minimum absolute atomic E-state index is 0.216. The number of hydrogen-bond donors (Lipinski definition) is 1. The standard InChI is InChI=1S/C11H9F5N4O2/c12-10(13,11(14,15)16)6-3-5(7(17)20-9(21)22)18-8(19-6)4-1-2-4/h3-4H,1-2H2,(H2,17,20)(H,21,22)/p+1. The lowest BCUT2D eigenvalue weighted by molar-refractivity contribution is -0.291. The molecule has 1 aliphatic carbocycles. The van der Waals surface area contributed by atoms with Crippen molar-refractivity contribution in [2.45, 2.75) is 30.9 Å². The third-order valence-corrected chi connectivity index (χ3v) is 2.85. The van der Waals surface area contributed by atoms with Crippen LogP contribution in [0.1, 0.15) is 36.0 Å². The van der Waals surface area contributed by atoms with Gasteiger partial charge in [-0.15, -0.1) is 0 Å². The first-order chi connectivity index (χ1) is 10.0. The van der Waals surface area contributed by atoms with Gasteiger partial charge in [-0.1, -0.05) is 4.99 Å². The van der Waals surface area contributed by atoms with Crippen molar-refractivity contribution in [3.63, 3.8) is 0 Å². The number of nitrogens with two attached hydrogens (primary N) is 1. The van der Waals surface area contributed by atoms with Crippen LogP contribution >= 0.6 is 0 Å². The molecule has 1 aromatic rings. The molecule has 1 aromatic heterocycles. The van der Waals surface area contributed by atoms with Gasteiger partial charge in [-0.2, -0.15) is 22.0 Å². The number of hydrogen-bond acceptors (Lipinski definition) is 3. The molecule has 0 aromatic carbocycles. The Morgan fingerprint density at radius 3 is 2.32 bits per heavy atom. The van der Waals surface area contributed by atoms with Crippen LogP contribution < -0.4 is 5.73 Å². The van der Waals surface area contributed by atoms with E-state index in [1.54, 1.807) is 0 Å². The Bertz CT molecular complexity index is 640. The Kier molecular flexibility index (Phi) is 3.75. The molecule has 120 valence electrons. The fourth-order valence-corrected chi connectivity index (χ4v) is 1.59. The quantitative estimate of drug-likeness (QED) is 0.394. The molecule has 0 saturated heterocycles. The van der Waals surface area contributed by atoms with Gasteiger partial charge in [0.15, 0.2) is 5.84 Å². The first kappa shape index (κ1) is 16.0. The molecule has 0 radical (unpaired) electrons. The average molecular weight is 325 g/mol. The second-order valence-electron chi connectivity index (χ2n) is 4.65. The maximum Gasteiger partial charge on any atom is 0.654 e. The van der Waals surface area contributed by atoms with Crippen molar-refractivity contribution < 1.29 is 31.9 Å². The summed E-state index contributed by atoms with van der Waals surface area (Å²) < 4.78 is 64.2. The molecule has 0 atom stereocenters. The van der Waals surface area contributed by atoms with Gasteiger partial charge in [-0.05, 0) is 18.9 Å². The number of aromatic nitrogens is 2. The number of alkyl halides is 5. The van der Waals surface area contributed by atoms with Crippen LogP contribution in [0.25, 0.3) is 0 Å². The largest absolute Gasteiger partial charge is 0.654 e. The number of nitrogens with zero attached hydrogens (tertiary/aromatic N) is 3. The molecule has 0 bridgehead atoms. The maximum absolute atomic E-state index is 13.4. The molecule has 0 aliphatic heterocycles. The van der Waals surface area contributed by atoms with E-state index >= 15 is 0 Å². The van der Waals surface area contributed by atoms with Gasteiger partial charge >= 0.3 is 18.2 Å². The molecule has 6 nitrogen and oxygen atoms in total. The average Bonchev–Trinajstić information content (AvgIpc) is 3.20. The van der Waals surface area contributed by atoms with Crippen molar-refractivity contribution in [2.75, 3.05) is 0 Å². The Morgan fingerprint density at radius 1 is 1.27 bits per heavy atom. The van der Waals surface area contributed by atoms with E-state index in [-0.39, 0.29) is 11.7 Å². The molecule has 2 rings (SSSR count). The van der Waals surface area contributed by atoms with E-state index in [2.05, 4.69) is 15.0 Å². The summed E-state index contributed by atoms with van der Waals surface area (Å²) in [6.45, 7) is 0. The first-order valence-corrected chi connectivity index (χ1v) is 5.96. The highest BCUT2D eigenvalue weighted by Gasteiger charge is 2.60. The minimum atomic E-state index is -5.84. The molecule has 1 saturated carbocycles. The second-order valence-corrected chi connectivity index (χ2v) is 4.65. The smallest absolute Gasteiger partial charge is 0.545 e. The van der Waals surface area contributed by atoms with Gasteiger partial charge in [0.25, 0.3) is 0 Å². The summed E-state index contributed by atoms with van der Waals surface area (Å²) in [5.41, 5.74) is 3.19. The lowest BCUT2D eigenvalue weighted by Crippen LogP contribution is -2.35. The zero-order chi connectivity index (χ0) is 16.7. The van der Waals surface area contributed by atoms with E-state index in [4.69, 9.17) is 10.8 Å². The summed E-state index contributed by atoms with van der Waals surface area (Å²) in [6, 6.07) is 0.321. The van der Waals surface area contributed by atoms with E-state index in [9.17, 15) is 26.7 Å². The molecule has 0 spiro atoms. The van der Waals surface area contributed by atoms with Crippen LogP contribution in [0.2, 0.25) is 0 Å². The fraction of sp³-hybridized carbons (Fsp3) is 0.455. The summed E-state index contributed by atoms with van der Waals surface area (Å²) in [4.78, 5) is 20.5. The van der Waals surface area contributed by atoms with E-state index in [0.29, 0.717) is 18.9 Å². The van der Waals surface area contributed by atoms with Gasteiger partial charge in [0.1, 0.15) is 17.2 Å². The number of amidine groups is 1. The van der Waals surface area contributed by atoms with Gasteiger partial charge in [0, 0.05) is 5.92 Å². The lowest BCUT2D eigenvalue weighted by atomic mass is 10.1. The predicted molar refractivity (Wildman–Crippen MR) is 63.7 cm³/mol. The van der Waals surface area contributed by atoms with Gasteiger partial charge in [0.05, 0.1) is 4.79 Å². The monoisotopic (exact) mass is 325 g/mol. The number of rotatable bonds is 3. The third kappa shape index (κ3) is 3.12. The van der Waals surface area contributed by atoms with Gasteiger partial charge in [0.2, 0.25) is 0 Å². The Labute approximate surface area is 119 Å². The van der Waals surface area contributed by atoms with E-state index in [0.717, 1.165) is 0 Å². The van der Waals surface area contributed by atoms with Crippen molar-refractivity contribution in [3.8, 4) is 0 Å². The molecule has 1 fully saturated rings. The zero-order valence-electron chi connectivity index (χ0n) is 10.8. The van der Waals surface area contributed by atoms with Gasteiger partial charge < -0.3 is 10.8 Å². The SMILES string of the molecule is NC(=NC(=O)[OH2+])c1cc(C(F)(F)C(F)(F)F)nc(C2CC2)n1. The van der Waals surface area contributed by atoms with Crippen molar-refractivity contribution in [1.29, 1.82) is 0 Å². The molecular weight excluding hydrogens is 315 g/mol. The fourth-order valence-electron chi connectivity index (χ4n) is 1.59. The van der Waals surface area contributed by atoms with Crippen LogP contribution in [-0.4, -0.2) is 33.2 Å². The molecule has 4 N–H and O–H groups in total. The number of carbonyl (C=O) groups is 1. The molecule has 11 heteroatoms. The minimum Gasteiger partial charge on any atom is -0.545 e. The summed E-state index contributed by atoms with van der Waals surface area (Å²) >= 11 is 0. The van der Waals surface area contributed by atoms with Crippen LogP contribution in [0.3, 0.4) is 0 Å². The van der Waals surface area contributed by atoms with Gasteiger partial charge in [-0.3, -0.25) is 0 Å². The van der Waals surface area contributed by atoms with Crippen molar-refractivity contribution in [3.05, 3.63) is 23.3 Å². The van der Waals surface area contributed by atoms with Crippen LogP contribution in [0.4, 0.5) is 26.7 Å². The molecular formula is C11H10F5N4O2+. The Morgan fingerprint density at radius 2 is 1.86 bits per heavy atom. The highest BCUT2D eigenvalue weighted by Crippen LogP contribution is 2.44. The number of amides is 1. The topological polar surface area (TPSA) is 104 Å². The normalized spacial score (nSPS) is 16.7.